The number of phenols is 1. The van der Waals surface area contributed by atoms with Crippen LogP contribution in [0.3, 0.4) is 0 Å². The summed E-state index contributed by atoms with van der Waals surface area (Å²) in [6.45, 7) is 14.6. The molecule has 2 fully saturated rings. The summed E-state index contributed by atoms with van der Waals surface area (Å²) in [6.07, 6.45) is 5.43. The van der Waals surface area contributed by atoms with E-state index in [4.69, 9.17) is 9.57 Å². The van der Waals surface area contributed by atoms with Crippen molar-refractivity contribution < 1.29 is 34.0 Å². The first kappa shape index (κ1) is 45.9. The second kappa shape index (κ2) is 18.9. The summed E-state index contributed by atoms with van der Waals surface area (Å²) < 4.78 is 5.66. The zero-order valence-electron chi connectivity index (χ0n) is 38.5. The van der Waals surface area contributed by atoms with Crippen LogP contribution in [0.1, 0.15) is 101 Å². The fraction of sp³-hybridized carbons (Fsp3) is 0.583. The fourth-order valence-electron chi connectivity index (χ4n) is 10.5. The van der Waals surface area contributed by atoms with Crippen LogP contribution in [0.15, 0.2) is 54.9 Å². The molecule has 340 valence electrons. The minimum Gasteiger partial charge on any atom is -0.508 e. The molecule has 3 unspecified atom stereocenters. The molecule has 0 radical (unpaired) electrons. The van der Waals surface area contributed by atoms with E-state index in [1.807, 2.05) is 44.1 Å². The molecule has 15 heteroatoms. The molecule has 0 spiro atoms. The van der Waals surface area contributed by atoms with Crippen LogP contribution in [0, 0.1) is 22.2 Å². The van der Waals surface area contributed by atoms with E-state index in [1.54, 1.807) is 32.5 Å². The number of aromatic nitrogens is 1. The molecule has 4 aliphatic heterocycles. The van der Waals surface area contributed by atoms with Crippen LogP contribution in [0.4, 0.5) is 5.69 Å². The third kappa shape index (κ3) is 9.56. The number of phenolic OH excluding ortho intramolecular Hbond substituents is 1. The molecule has 4 aliphatic rings. The Bertz CT molecular complexity index is 2170. The number of nitrogens with one attached hydrogen (secondary N) is 2. The normalized spacial score (nSPS) is 25.6. The number of ether oxygens (including phenoxy) is 1. The van der Waals surface area contributed by atoms with Crippen molar-refractivity contribution >= 4 is 23.4 Å². The highest BCUT2D eigenvalue weighted by molar-refractivity contribution is 5.93. The van der Waals surface area contributed by atoms with Gasteiger partial charge in [-0.15, -0.1) is 0 Å². The third-order valence-electron chi connectivity index (χ3n) is 13.6. The molecule has 3 N–H and O–H groups in total. The zero-order chi connectivity index (χ0) is 45.3. The van der Waals surface area contributed by atoms with Crippen LogP contribution in [-0.2, 0) is 37.0 Å². The van der Waals surface area contributed by atoms with Gasteiger partial charge < -0.3 is 25.0 Å². The first-order chi connectivity index (χ1) is 30.0. The average molecular weight is 868 g/mol. The smallest absolute Gasteiger partial charge is 0.326 e. The topological polar surface area (TPSA) is 160 Å². The summed E-state index contributed by atoms with van der Waals surface area (Å²) in [5.41, 5.74) is 9.27. The van der Waals surface area contributed by atoms with Gasteiger partial charge in [0.2, 0.25) is 16.7 Å². The summed E-state index contributed by atoms with van der Waals surface area (Å²) in [5.74, 6) is -1.18. The molecule has 2 aromatic carbocycles. The van der Waals surface area contributed by atoms with E-state index in [2.05, 4.69) is 66.5 Å². The Kier molecular flexibility index (Phi) is 13.8. The van der Waals surface area contributed by atoms with Crippen molar-refractivity contribution in [1.82, 2.24) is 30.5 Å². The molecule has 15 nitrogen and oxygen atoms in total. The Balaban J connectivity index is 1.29. The predicted molar refractivity (Wildman–Crippen MR) is 240 cm³/mol. The summed E-state index contributed by atoms with van der Waals surface area (Å²) >= 11 is 0. The lowest BCUT2D eigenvalue weighted by molar-refractivity contribution is -0.835. The first-order valence-corrected chi connectivity index (χ1v) is 22.6. The van der Waals surface area contributed by atoms with E-state index < -0.39 is 35.5 Å². The number of rotatable bonds is 9. The number of benzene rings is 2. The molecule has 7 atom stereocenters. The molecule has 3 amide bonds. The summed E-state index contributed by atoms with van der Waals surface area (Å²) in [4.78, 5) is 74.1. The van der Waals surface area contributed by atoms with E-state index in [9.17, 15) is 24.4 Å². The number of likely N-dealkylation sites (N-methyl/N-ethyl adjacent to an activating group) is 3. The van der Waals surface area contributed by atoms with Crippen molar-refractivity contribution in [3.8, 4) is 16.9 Å². The Labute approximate surface area is 372 Å². The number of carbonyl (C=O) groups is 3. The van der Waals surface area contributed by atoms with Gasteiger partial charge in [-0.1, -0.05) is 46.8 Å². The predicted octanol–water partition coefficient (Wildman–Crippen LogP) is 5.71. The number of aromatic hydroxyl groups is 1. The van der Waals surface area contributed by atoms with Crippen molar-refractivity contribution in [3.63, 3.8) is 0 Å². The van der Waals surface area contributed by atoms with Crippen LogP contribution in [0.2, 0.25) is 0 Å². The Hall–Kier alpha value is -5.12. The highest BCUT2D eigenvalue weighted by atomic mass is 16.8. The molecule has 2 saturated heterocycles. The van der Waals surface area contributed by atoms with E-state index in [-0.39, 0.29) is 54.5 Å². The molecule has 0 saturated carbocycles. The maximum Gasteiger partial charge on any atom is 0.326 e. The van der Waals surface area contributed by atoms with Crippen LogP contribution in [0.25, 0.3) is 11.1 Å². The Morgan fingerprint density at radius 1 is 1.11 bits per heavy atom. The molecule has 6 bridgehead atoms. The van der Waals surface area contributed by atoms with Crippen LogP contribution >= 0.6 is 0 Å². The van der Waals surface area contributed by atoms with Gasteiger partial charge in [-0.05, 0) is 115 Å². The summed E-state index contributed by atoms with van der Waals surface area (Å²) in [7, 11) is 5.29. The van der Waals surface area contributed by atoms with E-state index in [0.717, 1.165) is 53.0 Å². The number of amides is 3. The highest BCUT2D eigenvalue weighted by Gasteiger charge is 2.46. The van der Waals surface area contributed by atoms with Gasteiger partial charge >= 0.3 is 6.17 Å². The molecule has 5 heterocycles. The number of hydrogen-bond acceptors (Lipinski definition) is 11. The lowest BCUT2D eigenvalue weighted by atomic mass is 9.76. The molecule has 7 rings (SSSR count). The van der Waals surface area contributed by atoms with E-state index in [0.29, 0.717) is 42.9 Å². The van der Waals surface area contributed by atoms with Crippen LogP contribution in [0.5, 0.6) is 5.75 Å². The van der Waals surface area contributed by atoms with Crippen molar-refractivity contribution in [2.24, 2.45) is 17.3 Å². The minimum atomic E-state index is -1.11. The SMILES string of the molecule is CCN1c2ccc3cc2C(CC(C)(C)CO[N+](=O)[C@@H]2CCCN(N2)C(=O)C(NC(=O)[C@H](C(C)C)N(C)C(=O)[C@H]2[C@@H](C)CCN2C)Cc2cc(O)cc-3c2)C1c1cnccc1COC. The molecule has 63 heavy (non-hydrogen) atoms. The molecular formula is C48H67N8O7+. The van der Waals surface area contributed by atoms with E-state index in [1.165, 1.54) is 9.91 Å². The van der Waals surface area contributed by atoms with Crippen LogP contribution in [-0.4, -0.2) is 119 Å². The minimum absolute atomic E-state index is 0.0238. The van der Waals surface area contributed by atoms with Gasteiger partial charge in [-0.25, -0.2) is 4.84 Å². The van der Waals surface area contributed by atoms with Crippen LogP contribution < -0.4 is 15.6 Å². The monoisotopic (exact) mass is 868 g/mol. The maximum atomic E-state index is 14.7. The van der Waals surface area contributed by atoms with Gasteiger partial charge in [0.15, 0.2) is 6.61 Å². The van der Waals surface area contributed by atoms with Gasteiger partial charge in [0, 0.05) is 69.5 Å². The first-order valence-electron chi connectivity index (χ1n) is 22.6. The van der Waals surface area contributed by atoms with Gasteiger partial charge in [0.1, 0.15) is 17.8 Å². The summed E-state index contributed by atoms with van der Waals surface area (Å²) in [6, 6.07) is 11.3. The quantitative estimate of drug-likeness (QED) is 0.242. The van der Waals surface area contributed by atoms with Crippen molar-refractivity contribution in [2.75, 3.05) is 52.3 Å². The number of methoxy groups -OCH3 is 1. The average Bonchev–Trinajstić information content (AvgIpc) is 3.75. The number of hydrazine groups is 1. The number of likely N-dealkylation sites (tertiary alicyclic amines) is 1. The molecule has 1 aromatic heterocycles. The third-order valence-corrected chi connectivity index (χ3v) is 13.6. The number of anilines is 1. The molecule has 0 aliphatic carbocycles. The number of pyridine rings is 1. The van der Waals surface area contributed by atoms with Crippen molar-refractivity contribution in [2.45, 2.75) is 117 Å². The number of fused-ring (bicyclic) bond motifs is 6. The number of hydrogen-bond donors (Lipinski definition) is 3. The van der Waals surface area contributed by atoms with Gasteiger partial charge in [0.05, 0.1) is 23.6 Å². The zero-order valence-corrected chi connectivity index (χ0v) is 38.5. The summed E-state index contributed by atoms with van der Waals surface area (Å²) in [5, 5.41) is 15.8. The Morgan fingerprint density at radius 3 is 2.59 bits per heavy atom. The number of carbonyl (C=O) groups excluding carboxylic acids is 3. The molecule has 3 aromatic rings. The second-order valence-electron chi connectivity index (χ2n) is 19.3. The molecular weight excluding hydrogens is 801 g/mol. The number of nitrogens with zero attached hydrogens (tertiary/aromatic N) is 6. The fourth-order valence-corrected chi connectivity index (χ4v) is 10.5. The maximum absolute atomic E-state index is 14.7. The van der Waals surface area contributed by atoms with Crippen molar-refractivity contribution in [1.29, 1.82) is 0 Å². The standard InChI is InChI=1S/C48H66N8O7/c1-10-54-40-14-13-32-24-36(40)37(44(54)38-26-49-17-15-33(38)27-62-9)25-48(5,6)28-63-56(61)41-12-11-18-55(51-41)46(59)39(22-31-20-34(32)23-35(57)21-31)50-45(58)42(29(2)3)53(8)47(60)43-30(4)16-19-52(43)7/h13-15,17,20-21,23-24,26,29-30,37,39,41-44,51H,10-12,16,18-19,22,25,27-28H2,1-9H3,(H-,50,57,58)/p+1/t30-,37?,39?,41+,42-,43+,44?/m0/s1. The largest absolute Gasteiger partial charge is 0.508 e. The Morgan fingerprint density at radius 2 is 1.89 bits per heavy atom. The highest BCUT2D eigenvalue weighted by Crippen LogP contribution is 2.54. The van der Waals surface area contributed by atoms with Crippen molar-refractivity contribution in [3.05, 3.63) is 82.0 Å². The van der Waals surface area contributed by atoms with Gasteiger partial charge in [0.25, 0.3) is 5.91 Å². The lowest BCUT2D eigenvalue weighted by Gasteiger charge is -2.36. The van der Waals surface area contributed by atoms with E-state index >= 15 is 0 Å². The van der Waals surface area contributed by atoms with Gasteiger partial charge in [-0.2, -0.15) is 5.43 Å². The lowest BCUT2D eigenvalue weighted by Crippen LogP contribution is -2.62. The van der Waals surface area contributed by atoms with Gasteiger partial charge in [-0.3, -0.25) is 29.3 Å². The second-order valence-corrected chi connectivity index (χ2v) is 19.3.